The maximum atomic E-state index is 12.1. The van der Waals surface area contributed by atoms with Crippen LogP contribution >= 0.6 is 11.3 Å². The summed E-state index contributed by atoms with van der Waals surface area (Å²) in [6.45, 7) is 3.93. The van der Waals surface area contributed by atoms with Crippen molar-refractivity contribution in [1.29, 1.82) is 0 Å². The Labute approximate surface area is 156 Å². The van der Waals surface area contributed by atoms with Crippen molar-refractivity contribution in [1.82, 2.24) is 4.98 Å². The van der Waals surface area contributed by atoms with Crippen molar-refractivity contribution >= 4 is 22.4 Å². The van der Waals surface area contributed by atoms with Gasteiger partial charge in [-0.15, -0.1) is 11.3 Å². The summed E-state index contributed by atoms with van der Waals surface area (Å²) in [6.07, 6.45) is 0. The number of benzene rings is 2. The number of thiazole rings is 1. The Hall–Kier alpha value is -2.86. The number of hydrogen-bond acceptors (Lipinski definition) is 5. The van der Waals surface area contributed by atoms with E-state index in [0.717, 1.165) is 27.4 Å². The third-order valence-electron chi connectivity index (χ3n) is 3.80. The van der Waals surface area contributed by atoms with Gasteiger partial charge in [0, 0.05) is 10.4 Å². The van der Waals surface area contributed by atoms with E-state index in [2.05, 4.69) is 10.3 Å². The summed E-state index contributed by atoms with van der Waals surface area (Å²) in [5.74, 6) is 1.23. The van der Waals surface area contributed by atoms with Crippen molar-refractivity contribution in [2.45, 2.75) is 13.8 Å². The molecule has 1 heterocycles. The lowest BCUT2D eigenvalue weighted by Gasteiger charge is -2.06. The smallest absolute Gasteiger partial charge is 0.264 e. The molecule has 1 amide bonds. The lowest BCUT2D eigenvalue weighted by atomic mass is 10.1. The van der Waals surface area contributed by atoms with Crippen LogP contribution in [0.4, 0.5) is 5.13 Å². The predicted molar refractivity (Wildman–Crippen MR) is 104 cm³/mol. The van der Waals surface area contributed by atoms with E-state index >= 15 is 0 Å². The molecule has 0 aliphatic carbocycles. The topological polar surface area (TPSA) is 60.5 Å². The molecule has 0 unspecified atom stereocenters. The zero-order valence-electron chi connectivity index (χ0n) is 14.9. The fraction of sp³-hybridized carbons (Fsp3) is 0.200. The molecule has 0 saturated heterocycles. The largest absolute Gasteiger partial charge is 0.497 e. The summed E-state index contributed by atoms with van der Waals surface area (Å²) in [6, 6.07) is 15.3. The summed E-state index contributed by atoms with van der Waals surface area (Å²) in [5.41, 5.74) is 2.98. The van der Waals surface area contributed by atoms with E-state index in [1.165, 1.54) is 11.3 Å². The van der Waals surface area contributed by atoms with Gasteiger partial charge in [0.15, 0.2) is 11.7 Å². The van der Waals surface area contributed by atoms with Crippen molar-refractivity contribution in [3.05, 3.63) is 59.0 Å². The van der Waals surface area contributed by atoms with Crippen LogP contribution < -0.4 is 14.8 Å². The van der Waals surface area contributed by atoms with Crippen LogP contribution in [0, 0.1) is 13.8 Å². The highest BCUT2D eigenvalue weighted by Gasteiger charge is 2.12. The molecule has 0 bridgehead atoms. The molecule has 2 aromatic carbocycles. The van der Waals surface area contributed by atoms with Gasteiger partial charge in [-0.2, -0.15) is 0 Å². The number of nitrogens with one attached hydrogen (secondary N) is 1. The van der Waals surface area contributed by atoms with Gasteiger partial charge in [0.1, 0.15) is 11.5 Å². The second kappa shape index (κ2) is 8.01. The molecule has 0 aliphatic heterocycles. The first-order chi connectivity index (χ1) is 12.5. The van der Waals surface area contributed by atoms with Crippen molar-refractivity contribution in [3.63, 3.8) is 0 Å². The van der Waals surface area contributed by atoms with E-state index < -0.39 is 0 Å². The van der Waals surface area contributed by atoms with Gasteiger partial charge in [-0.05, 0) is 50.2 Å². The third-order valence-corrected chi connectivity index (χ3v) is 4.68. The highest BCUT2D eigenvalue weighted by atomic mass is 32.1. The standard InChI is InChI=1S/C20H20N2O3S/c1-13-4-8-17(9-5-13)25-12-18(23)21-20-22-19(14(2)26-20)15-6-10-16(24-3)11-7-15/h4-11H,12H2,1-3H3,(H,21,22,23). The zero-order chi connectivity index (χ0) is 18.5. The second-order valence-electron chi connectivity index (χ2n) is 5.80. The molecule has 1 aromatic heterocycles. The van der Waals surface area contributed by atoms with Crippen LogP contribution in [0.1, 0.15) is 10.4 Å². The summed E-state index contributed by atoms with van der Waals surface area (Å²) in [4.78, 5) is 17.7. The third kappa shape index (κ3) is 4.40. The fourth-order valence-corrected chi connectivity index (χ4v) is 3.26. The van der Waals surface area contributed by atoms with Crippen LogP contribution in [-0.4, -0.2) is 24.6 Å². The van der Waals surface area contributed by atoms with E-state index in [0.29, 0.717) is 10.9 Å². The lowest BCUT2D eigenvalue weighted by Crippen LogP contribution is -2.20. The molecule has 0 fully saturated rings. The number of nitrogens with zero attached hydrogens (tertiary/aromatic N) is 1. The Bertz CT molecular complexity index is 886. The number of hydrogen-bond donors (Lipinski definition) is 1. The summed E-state index contributed by atoms with van der Waals surface area (Å²) >= 11 is 1.44. The van der Waals surface area contributed by atoms with E-state index in [9.17, 15) is 4.79 Å². The van der Waals surface area contributed by atoms with Crippen molar-refractivity contribution in [3.8, 4) is 22.8 Å². The maximum absolute atomic E-state index is 12.1. The summed E-state index contributed by atoms with van der Waals surface area (Å²) < 4.78 is 10.7. The molecule has 6 heteroatoms. The average Bonchev–Trinajstić information content (AvgIpc) is 3.01. The van der Waals surface area contributed by atoms with Crippen LogP contribution in [0.3, 0.4) is 0 Å². The minimum atomic E-state index is -0.236. The number of carbonyl (C=O) groups is 1. The maximum Gasteiger partial charge on any atom is 0.264 e. The fourth-order valence-electron chi connectivity index (χ4n) is 2.41. The molecule has 134 valence electrons. The van der Waals surface area contributed by atoms with Gasteiger partial charge in [-0.1, -0.05) is 17.7 Å². The molecular formula is C20H20N2O3S. The van der Waals surface area contributed by atoms with Gasteiger partial charge in [0.2, 0.25) is 0 Å². The van der Waals surface area contributed by atoms with Crippen molar-refractivity contribution in [2.24, 2.45) is 0 Å². The normalized spacial score (nSPS) is 10.4. The Kier molecular flexibility index (Phi) is 5.53. The van der Waals surface area contributed by atoms with Crippen LogP contribution in [0.5, 0.6) is 11.5 Å². The number of aromatic nitrogens is 1. The van der Waals surface area contributed by atoms with E-state index in [1.54, 1.807) is 7.11 Å². The van der Waals surface area contributed by atoms with Crippen molar-refractivity contribution in [2.75, 3.05) is 19.0 Å². The first-order valence-corrected chi connectivity index (χ1v) is 8.98. The summed E-state index contributed by atoms with van der Waals surface area (Å²) in [7, 11) is 1.63. The van der Waals surface area contributed by atoms with E-state index in [4.69, 9.17) is 9.47 Å². The van der Waals surface area contributed by atoms with Gasteiger partial charge in [0.05, 0.1) is 12.8 Å². The second-order valence-corrected chi connectivity index (χ2v) is 7.01. The van der Waals surface area contributed by atoms with Crippen LogP contribution in [-0.2, 0) is 4.79 Å². The number of anilines is 1. The van der Waals surface area contributed by atoms with Gasteiger partial charge < -0.3 is 9.47 Å². The molecule has 0 radical (unpaired) electrons. The number of methoxy groups -OCH3 is 1. The highest BCUT2D eigenvalue weighted by Crippen LogP contribution is 2.31. The lowest BCUT2D eigenvalue weighted by molar-refractivity contribution is -0.118. The quantitative estimate of drug-likeness (QED) is 0.698. The Balaban J connectivity index is 1.62. The molecule has 0 saturated carbocycles. The number of amides is 1. The van der Waals surface area contributed by atoms with E-state index in [1.807, 2.05) is 62.4 Å². The molecule has 3 aromatic rings. The van der Waals surface area contributed by atoms with Crippen molar-refractivity contribution < 1.29 is 14.3 Å². The number of aryl methyl sites for hydroxylation is 2. The predicted octanol–water partition coefficient (Wildman–Crippen LogP) is 4.45. The summed E-state index contributed by atoms with van der Waals surface area (Å²) in [5, 5.41) is 3.36. The zero-order valence-corrected chi connectivity index (χ0v) is 15.7. The Morgan fingerprint density at radius 3 is 2.35 bits per heavy atom. The van der Waals surface area contributed by atoms with Gasteiger partial charge >= 0.3 is 0 Å². The number of rotatable bonds is 6. The minimum absolute atomic E-state index is 0.0560. The number of carbonyl (C=O) groups excluding carboxylic acids is 1. The molecule has 0 atom stereocenters. The van der Waals surface area contributed by atoms with Crippen LogP contribution in [0.25, 0.3) is 11.3 Å². The van der Waals surface area contributed by atoms with Gasteiger partial charge in [-0.3, -0.25) is 10.1 Å². The Morgan fingerprint density at radius 1 is 1.04 bits per heavy atom. The minimum Gasteiger partial charge on any atom is -0.497 e. The monoisotopic (exact) mass is 368 g/mol. The average molecular weight is 368 g/mol. The molecule has 1 N–H and O–H groups in total. The van der Waals surface area contributed by atoms with Crippen LogP contribution in [0.2, 0.25) is 0 Å². The molecule has 26 heavy (non-hydrogen) atoms. The molecular weight excluding hydrogens is 348 g/mol. The molecule has 0 aliphatic rings. The van der Waals surface area contributed by atoms with Gasteiger partial charge in [0.25, 0.3) is 5.91 Å². The van der Waals surface area contributed by atoms with Crippen LogP contribution in [0.15, 0.2) is 48.5 Å². The highest BCUT2D eigenvalue weighted by molar-refractivity contribution is 7.16. The first kappa shape index (κ1) is 17.9. The van der Waals surface area contributed by atoms with Gasteiger partial charge in [-0.25, -0.2) is 4.98 Å². The van der Waals surface area contributed by atoms with E-state index in [-0.39, 0.29) is 12.5 Å². The SMILES string of the molecule is COc1ccc(-c2nc(NC(=O)COc3ccc(C)cc3)sc2C)cc1. The molecule has 0 spiro atoms. The first-order valence-electron chi connectivity index (χ1n) is 8.16. The number of ether oxygens (including phenoxy) is 2. The molecule has 3 rings (SSSR count). The Morgan fingerprint density at radius 2 is 1.69 bits per heavy atom. The molecule has 5 nitrogen and oxygen atoms in total.